The summed E-state index contributed by atoms with van der Waals surface area (Å²) in [7, 11) is 0. The Morgan fingerprint density at radius 3 is 1.84 bits per heavy atom. The molecule has 4 nitrogen and oxygen atoms in total. The quantitative estimate of drug-likeness (QED) is 0.363. The van der Waals surface area contributed by atoms with Gasteiger partial charge < -0.3 is 9.47 Å². The second-order valence-corrected chi connectivity index (χ2v) is 8.24. The van der Waals surface area contributed by atoms with Crippen molar-refractivity contribution in [3.63, 3.8) is 0 Å². The summed E-state index contributed by atoms with van der Waals surface area (Å²) in [5.74, 6) is -0.598. The monoisotopic (exact) mass is 486 g/mol. The zero-order valence-electron chi connectivity index (χ0n) is 13.9. The van der Waals surface area contributed by atoms with Gasteiger partial charge in [0.05, 0.1) is 23.3 Å². The number of hydrogen-bond acceptors (Lipinski definition) is 6. The number of carbonyl (C=O) groups excluding carboxylic acids is 2. The van der Waals surface area contributed by atoms with Crippen molar-refractivity contribution in [2.75, 3.05) is 13.2 Å². The average Bonchev–Trinajstić information content (AvgIpc) is 3.11. The molecule has 2 aromatic rings. The van der Waals surface area contributed by atoms with Gasteiger partial charge in [-0.1, -0.05) is 39.1 Å². The zero-order valence-corrected chi connectivity index (χ0v) is 18.6. The summed E-state index contributed by atoms with van der Waals surface area (Å²) in [4.78, 5) is 25.4. The van der Waals surface area contributed by atoms with E-state index in [0.29, 0.717) is 38.3 Å². The topological polar surface area (TPSA) is 52.6 Å². The maximum Gasteiger partial charge on any atom is 0.348 e. The number of halogens is 3. The third kappa shape index (κ3) is 6.90. The van der Waals surface area contributed by atoms with Crippen molar-refractivity contribution < 1.29 is 19.1 Å². The van der Waals surface area contributed by atoms with Crippen LogP contribution >= 0.6 is 61.8 Å². The van der Waals surface area contributed by atoms with Crippen molar-refractivity contribution in [1.29, 1.82) is 0 Å². The molecule has 0 fully saturated rings. The van der Waals surface area contributed by atoms with E-state index < -0.39 is 0 Å². The summed E-state index contributed by atoms with van der Waals surface area (Å²) in [6, 6.07) is 3.28. The van der Waals surface area contributed by atoms with Crippen LogP contribution in [0.15, 0.2) is 12.1 Å². The maximum atomic E-state index is 11.2. The first-order valence-electron chi connectivity index (χ1n) is 7.28. The van der Waals surface area contributed by atoms with Gasteiger partial charge in [0.15, 0.2) is 0 Å². The van der Waals surface area contributed by atoms with E-state index in [1.165, 1.54) is 22.7 Å². The van der Waals surface area contributed by atoms with Crippen LogP contribution in [0.5, 0.6) is 0 Å². The molecule has 9 heteroatoms. The SMILES string of the molecule is CCOC(=O)c1cc(Cl)c(C)s1.CCOC(=O)c1cc(Cl)c(CBr)s1. The van der Waals surface area contributed by atoms with Gasteiger partial charge in [0, 0.05) is 15.1 Å². The number of hydrogen-bond donors (Lipinski definition) is 0. The van der Waals surface area contributed by atoms with Crippen molar-refractivity contribution in [1.82, 2.24) is 0 Å². The minimum atomic E-state index is -0.304. The van der Waals surface area contributed by atoms with Crippen LogP contribution in [0, 0.1) is 6.92 Å². The molecule has 0 aliphatic carbocycles. The molecule has 0 unspecified atom stereocenters. The first-order chi connectivity index (χ1) is 11.8. The standard InChI is InChI=1S/C8H8BrClO2S.C8H9ClO2S/c1-2-12-8(11)6-3-5(10)7(4-9)13-6;1-3-11-8(10)7-4-6(9)5(2)12-7/h3H,2,4H2,1H3;4H,3H2,1-2H3. The van der Waals surface area contributed by atoms with Crippen molar-refractivity contribution in [2.45, 2.75) is 26.1 Å². The summed E-state index contributed by atoms with van der Waals surface area (Å²) >= 11 is 17.6. The van der Waals surface area contributed by atoms with Crippen LogP contribution < -0.4 is 0 Å². The molecular formula is C16H17BrCl2O4S2. The Bertz CT molecular complexity index is 708. The lowest BCUT2D eigenvalue weighted by Gasteiger charge is -1.96. The highest BCUT2D eigenvalue weighted by molar-refractivity contribution is 9.08. The van der Waals surface area contributed by atoms with Gasteiger partial charge in [-0.2, -0.15) is 0 Å². The molecule has 0 aliphatic heterocycles. The highest BCUT2D eigenvalue weighted by Crippen LogP contribution is 2.29. The third-order valence-corrected chi connectivity index (χ3v) is 6.72. The highest BCUT2D eigenvalue weighted by Gasteiger charge is 2.13. The fraction of sp³-hybridized carbons (Fsp3) is 0.375. The fourth-order valence-corrected chi connectivity index (χ4v) is 4.62. The second kappa shape index (κ2) is 11.2. The van der Waals surface area contributed by atoms with E-state index >= 15 is 0 Å². The highest BCUT2D eigenvalue weighted by atomic mass is 79.9. The molecule has 2 heterocycles. The predicted octanol–water partition coefficient (Wildman–Crippen LogP) is 6.36. The summed E-state index contributed by atoms with van der Waals surface area (Å²) in [5.41, 5.74) is 0. The van der Waals surface area contributed by atoms with Gasteiger partial charge in [0.2, 0.25) is 0 Å². The zero-order chi connectivity index (χ0) is 19.0. The molecule has 0 spiro atoms. The molecule has 2 aromatic heterocycles. The third-order valence-electron chi connectivity index (χ3n) is 2.69. The molecule has 0 saturated heterocycles. The molecule has 0 atom stereocenters. The van der Waals surface area contributed by atoms with Crippen LogP contribution in [0.4, 0.5) is 0 Å². The number of esters is 2. The van der Waals surface area contributed by atoms with Crippen LogP contribution in [0.1, 0.15) is 42.9 Å². The summed E-state index contributed by atoms with van der Waals surface area (Å²) < 4.78 is 9.65. The molecule has 0 aliphatic rings. The van der Waals surface area contributed by atoms with E-state index in [2.05, 4.69) is 15.9 Å². The summed E-state index contributed by atoms with van der Waals surface area (Å²) in [6.07, 6.45) is 0. The molecular weight excluding hydrogens is 471 g/mol. The van der Waals surface area contributed by atoms with Crippen LogP contribution in [-0.4, -0.2) is 25.2 Å². The normalized spacial score (nSPS) is 10.0. The van der Waals surface area contributed by atoms with Crippen molar-refractivity contribution in [2.24, 2.45) is 0 Å². The van der Waals surface area contributed by atoms with E-state index in [1.807, 2.05) is 6.92 Å². The Morgan fingerprint density at radius 2 is 1.48 bits per heavy atom. The van der Waals surface area contributed by atoms with Gasteiger partial charge in [-0.15, -0.1) is 22.7 Å². The van der Waals surface area contributed by atoms with Crippen molar-refractivity contribution in [3.8, 4) is 0 Å². The second-order valence-electron chi connectivity index (χ2n) is 4.47. The van der Waals surface area contributed by atoms with Gasteiger partial charge in [0.25, 0.3) is 0 Å². The number of aryl methyl sites for hydroxylation is 1. The molecule has 0 aromatic carbocycles. The minimum Gasteiger partial charge on any atom is -0.462 e. The first kappa shape index (κ1) is 22.4. The van der Waals surface area contributed by atoms with E-state index in [4.69, 9.17) is 32.7 Å². The Balaban J connectivity index is 0.000000251. The van der Waals surface area contributed by atoms with Gasteiger partial charge in [-0.3, -0.25) is 0 Å². The van der Waals surface area contributed by atoms with Crippen LogP contribution in [-0.2, 0) is 14.8 Å². The molecule has 0 amide bonds. The van der Waals surface area contributed by atoms with E-state index in [0.717, 1.165) is 9.75 Å². The Kier molecular flexibility index (Phi) is 10.0. The van der Waals surface area contributed by atoms with Gasteiger partial charge >= 0.3 is 11.9 Å². The summed E-state index contributed by atoms with van der Waals surface area (Å²) in [5, 5.41) is 1.91. The molecule has 0 bridgehead atoms. The first-order valence-corrected chi connectivity index (χ1v) is 10.8. The fourth-order valence-electron chi connectivity index (χ4n) is 1.56. The number of carbonyl (C=O) groups is 2. The van der Waals surface area contributed by atoms with Gasteiger partial charge in [-0.25, -0.2) is 9.59 Å². The van der Waals surface area contributed by atoms with E-state index in [9.17, 15) is 9.59 Å². The molecule has 0 radical (unpaired) electrons. The average molecular weight is 488 g/mol. The van der Waals surface area contributed by atoms with Crippen molar-refractivity contribution in [3.05, 3.63) is 41.7 Å². The largest absolute Gasteiger partial charge is 0.462 e. The Labute approximate surface area is 173 Å². The molecule has 0 N–H and O–H groups in total. The van der Waals surface area contributed by atoms with Crippen LogP contribution in [0.3, 0.4) is 0 Å². The number of alkyl halides is 1. The lowest BCUT2D eigenvalue weighted by Crippen LogP contribution is -2.01. The lowest BCUT2D eigenvalue weighted by molar-refractivity contribution is 0.0522. The van der Waals surface area contributed by atoms with Crippen LogP contribution in [0.2, 0.25) is 10.0 Å². The number of thiophene rings is 2. The van der Waals surface area contributed by atoms with Gasteiger partial charge in [-0.05, 0) is 32.9 Å². The lowest BCUT2D eigenvalue weighted by atomic mass is 10.4. The minimum absolute atomic E-state index is 0.294. The Hall–Kier alpha value is -0.600. The van der Waals surface area contributed by atoms with E-state index in [1.54, 1.807) is 26.0 Å². The molecule has 2 rings (SSSR count). The maximum absolute atomic E-state index is 11.2. The van der Waals surface area contributed by atoms with Crippen molar-refractivity contribution >= 4 is 73.7 Å². The van der Waals surface area contributed by atoms with Crippen LogP contribution in [0.25, 0.3) is 0 Å². The number of rotatable bonds is 5. The Morgan fingerprint density at radius 1 is 1.00 bits per heavy atom. The predicted molar refractivity (Wildman–Crippen MR) is 108 cm³/mol. The molecule has 25 heavy (non-hydrogen) atoms. The van der Waals surface area contributed by atoms with E-state index in [-0.39, 0.29) is 11.9 Å². The summed E-state index contributed by atoms with van der Waals surface area (Å²) in [6.45, 7) is 6.21. The number of ether oxygens (including phenoxy) is 2. The molecule has 0 saturated carbocycles. The smallest absolute Gasteiger partial charge is 0.348 e. The van der Waals surface area contributed by atoms with Gasteiger partial charge in [0.1, 0.15) is 9.75 Å². The molecule has 138 valence electrons.